The number of furan rings is 1. The van der Waals surface area contributed by atoms with E-state index in [9.17, 15) is 0 Å². The van der Waals surface area contributed by atoms with Gasteiger partial charge in [-0.05, 0) is 35.2 Å². The van der Waals surface area contributed by atoms with Crippen LogP contribution in [0.5, 0.6) is 0 Å². The van der Waals surface area contributed by atoms with Crippen molar-refractivity contribution in [3.8, 4) is 11.3 Å². The van der Waals surface area contributed by atoms with E-state index in [1.165, 1.54) is 40.1 Å². The number of aliphatic hydroxyl groups is 1. The normalized spacial score (nSPS) is 11.6. The maximum atomic E-state index is 8.40. The Morgan fingerprint density at radius 2 is 1.58 bits per heavy atom. The molecule has 0 aliphatic rings. The van der Waals surface area contributed by atoms with E-state index in [-0.39, 0.29) is 31.6 Å². The van der Waals surface area contributed by atoms with Crippen LogP contribution in [0.4, 0.5) is 0 Å². The van der Waals surface area contributed by atoms with Gasteiger partial charge in [0.2, 0.25) is 0 Å². The van der Waals surface area contributed by atoms with Gasteiger partial charge in [0.05, 0.1) is 24.3 Å². The first-order chi connectivity index (χ1) is 18.0. The van der Waals surface area contributed by atoms with Crippen LogP contribution >= 0.6 is 11.3 Å². The van der Waals surface area contributed by atoms with E-state index in [2.05, 4.69) is 72.8 Å². The molecule has 1 radical (unpaired) electrons. The Labute approximate surface area is 236 Å². The average molecular weight is 694 g/mol. The predicted octanol–water partition coefficient (Wildman–Crippen LogP) is 8.98. The first kappa shape index (κ1) is 25.8. The van der Waals surface area contributed by atoms with E-state index >= 15 is 0 Å². The van der Waals surface area contributed by atoms with Gasteiger partial charge < -0.3 is 9.52 Å². The molecule has 4 nitrogen and oxygen atoms in total. The maximum Gasteiger partial charge on any atom is 0.316 e. The number of thiophene rings is 1. The van der Waals surface area contributed by atoms with Crippen LogP contribution in [0, 0.1) is 6.07 Å². The van der Waals surface area contributed by atoms with Gasteiger partial charge in [-0.3, -0.25) is 9.78 Å². The van der Waals surface area contributed by atoms with Crippen molar-refractivity contribution in [2.75, 3.05) is 0 Å². The van der Waals surface area contributed by atoms with E-state index in [0.717, 1.165) is 44.1 Å². The SMILES string of the molecule is CC(=[OH+])/C=C(/C)O.[Ir].[c-]1cc2sc3ccccc3c2cc1-c1nc2ccccc2c2c1oc1ccccc12. The van der Waals surface area contributed by atoms with Crippen LogP contribution in [0.1, 0.15) is 13.8 Å². The summed E-state index contributed by atoms with van der Waals surface area (Å²) in [6.07, 6.45) is 1.28. The number of aliphatic hydroxyl groups excluding tert-OH is 1. The first-order valence-corrected chi connectivity index (χ1v) is 12.7. The molecule has 7 rings (SSSR count). The fraction of sp³-hybridized carbons (Fsp3) is 0.0625. The van der Waals surface area contributed by atoms with Gasteiger partial charge in [-0.1, -0.05) is 60.0 Å². The van der Waals surface area contributed by atoms with Gasteiger partial charge in [0.15, 0.2) is 0 Å². The van der Waals surface area contributed by atoms with Crippen LogP contribution in [-0.4, -0.2) is 20.7 Å². The maximum absolute atomic E-state index is 8.40. The molecule has 6 heteroatoms. The summed E-state index contributed by atoms with van der Waals surface area (Å²) in [5.74, 6) is 0.250. The number of carbonyl (C=O) groups excluding carboxylic acids is 1. The van der Waals surface area contributed by atoms with Gasteiger partial charge in [-0.15, -0.1) is 23.8 Å². The third kappa shape index (κ3) is 4.63. The number of nitrogens with zero attached hydrogens (tertiary/aromatic N) is 1. The summed E-state index contributed by atoms with van der Waals surface area (Å²) in [4.78, 5) is 13.4. The number of allylic oxidation sites excluding steroid dienone is 2. The van der Waals surface area contributed by atoms with Gasteiger partial charge in [0.25, 0.3) is 0 Å². The summed E-state index contributed by atoms with van der Waals surface area (Å²) in [5, 5.41) is 14.3. The van der Waals surface area contributed by atoms with Crippen molar-refractivity contribution in [1.29, 1.82) is 0 Å². The van der Waals surface area contributed by atoms with E-state index in [4.69, 9.17) is 19.3 Å². The molecule has 3 heterocycles. The summed E-state index contributed by atoms with van der Waals surface area (Å²) >= 11 is 1.80. The smallest absolute Gasteiger partial charge is 0.316 e. The number of para-hydroxylation sites is 2. The molecule has 0 spiro atoms. The quantitative estimate of drug-likeness (QED) is 0.0851. The second kappa shape index (κ2) is 10.5. The Morgan fingerprint density at radius 3 is 2.32 bits per heavy atom. The number of benzene rings is 4. The number of aromatic nitrogens is 1. The predicted molar refractivity (Wildman–Crippen MR) is 155 cm³/mol. The second-order valence-electron chi connectivity index (χ2n) is 8.93. The van der Waals surface area contributed by atoms with Crippen molar-refractivity contribution in [3.63, 3.8) is 0 Å². The summed E-state index contributed by atoms with van der Waals surface area (Å²) in [6, 6.07) is 32.8. The van der Waals surface area contributed by atoms with Gasteiger partial charge in [-0.2, -0.15) is 11.3 Å². The van der Waals surface area contributed by atoms with Gasteiger partial charge >= 0.3 is 5.78 Å². The third-order valence-electron chi connectivity index (χ3n) is 6.20. The number of ketones is 1. The van der Waals surface area contributed by atoms with Gasteiger partial charge in [0, 0.05) is 46.7 Å². The fourth-order valence-corrected chi connectivity index (χ4v) is 5.79. The Balaban J connectivity index is 0.000000329. The van der Waals surface area contributed by atoms with E-state index < -0.39 is 0 Å². The van der Waals surface area contributed by atoms with Gasteiger partial charge in [-0.25, -0.2) is 0 Å². The zero-order chi connectivity index (χ0) is 25.5. The van der Waals surface area contributed by atoms with Crippen molar-refractivity contribution in [2.45, 2.75) is 13.8 Å². The van der Waals surface area contributed by atoms with Crippen LogP contribution in [-0.2, 0) is 20.1 Å². The van der Waals surface area contributed by atoms with Crippen molar-refractivity contribution in [2.24, 2.45) is 0 Å². The molecule has 7 aromatic rings. The Bertz CT molecular complexity index is 2000. The molecule has 0 amide bonds. The fourth-order valence-electron chi connectivity index (χ4n) is 4.72. The summed E-state index contributed by atoms with van der Waals surface area (Å²) in [7, 11) is 0. The van der Waals surface area contributed by atoms with Crippen LogP contribution in [0.25, 0.3) is 64.3 Å². The molecular weight excluding hydrogens is 671 g/mol. The molecule has 0 fully saturated rings. The van der Waals surface area contributed by atoms with E-state index in [1.54, 1.807) is 11.3 Å². The first-order valence-electron chi connectivity index (χ1n) is 11.9. The molecule has 3 aromatic heterocycles. The van der Waals surface area contributed by atoms with Crippen molar-refractivity contribution in [3.05, 3.63) is 103 Å². The average Bonchev–Trinajstić information content (AvgIpc) is 3.46. The minimum Gasteiger partial charge on any atom is -0.512 e. The number of hydrogen-bond acceptors (Lipinski definition) is 4. The standard InChI is InChI=1S/C27H14NOS.C5H8O2.Ir/c1-4-10-21-18(8-1)25-19-9-2-5-11-22(19)29-27(25)26(28-21)16-13-14-24-20(15-16)17-7-3-6-12-23(17)30-24;1-4(6)3-5(2)7;/h1-12,14-15H;3,6H,1-2H3;/q-1;;/p+1/b;4-3-;. The molecule has 0 atom stereocenters. The molecule has 38 heavy (non-hydrogen) atoms. The molecule has 4 aromatic carbocycles. The number of rotatable bonds is 2. The second-order valence-corrected chi connectivity index (χ2v) is 10.0. The molecular formula is C32H23IrNO3S. The monoisotopic (exact) mass is 694 g/mol. The van der Waals surface area contributed by atoms with Gasteiger partial charge in [0.1, 0.15) is 11.2 Å². The Kier molecular flexibility index (Phi) is 7.13. The molecule has 2 N–H and O–H groups in total. The van der Waals surface area contributed by atoms with Crippen molar-refractivity contribution in [1.82, 2.24) is 4.98 Å². The molecule has 0 saturated carbocycles. The number of pyridine rings is 1. The molecule has 0 saturated heterocycles. The minimum atomic E-state index is 0. The molecule has 0 aliphatic carbocycles. The van der Waals surface area contributed by atoms with Crippen LogP contribution in [0.3, 0.4) is 0 Å². The molecule has 0 bridgehead atoms. The van der Waals surface area contributed by atoms with Crippen LogP contribution < -0.4 is 0 Å². The zero-order valence-corrected chi connectivity index (χ0v) is 23.9. The number of fused-ring (bicyclic) bond motifs is 8. The Hall–Kier alpha value is -3.83. The molecule has 189 valence electrons. The summed E-state index contributed by atoms with van der Waals surface area (Å²) < 4.78 is 8.87. The molecule has 0 aliphatic heterocycles. The van der Waals surface area contributed by atoms with E-state index in [1.807, 2.05) is 18.2 Å². The van der Waals surface area contributed by atoms with Crippen molar-refractivity contribution >= 4 is 70.1 Å². The topological polar surface area (TPSA) is 67.7 Å². The largest absolute Gasteiger partial charge is 0.512 e. The minimum absolute atomic E-state index is 0. The van der Waals surface area contributed by atoms with Crippen molar-refractivity contribution < 1.29 is 34.4 Å². The van der Waals surface area contributed by atoms with Crippen LogP contribution in [0.15, 0.2) is 101 Å². The summed E-state index contributed by atoms with van der Waals surface area (Å²) in [5.41, 5.74) is 4.48. The van der Waals surface area contributed by atoms with Crippen LogP contribution in [0.2, 0.25) is 0 Å². The summed E-state index contributed by atoms with van der Waals surface area (Å²) in [6.45, 7) is 3.00. The van der Waals surface area contributed by atoms with E-state index in [0.29, 0.717) is 0 Å². The number of hydrogen-bond donors (Lipinski definition) is 1. The zero-order valence-electron chi connectivity index (χ0n) is 20.7. The Morgan fingerprint density at radius 1 is 0.895 bits per heavy atom. The molecule has 0 unspecified atom stereocenters. The third-order valence-corrected chi connectivity index (χ3v) is 7.33.